The van der Waals surface area contributed by atoms with E-state index in [9.17, 15) is 0 Å². The van der Waals surface area contributed by atoms with Crippen LogP contribution in [0.25, 0.3) is 0 Å². The molecular formula is C20H28Cl3NO3. The second kappa shape index (κ2) is 14.9. The first-order valence-corrected chi connectivity index (χ1v) is 10.4. The van der Waals surface area contributed by atoms with Gasteiger partial charge < -0.3 is 14.3 Å². The summed E-state index contributed by atoms with van der Waals surface area (Å²) in [6.07, 6.45) is 9.73. The fourth-order valence-corrected chi connectivity index (χ4v) is 2.69. The Morgan fingerprint density at radius 3 is 2.56 bits per heavy atom. The van der Waals surface area contributed by atoms with E-state index >= 15 is 0 Å². The molecule has 1 aromatic rings. The second-order valence-electron chi connectivity index (χ2n) is 6.03. The predicted octanol–water partition coefficient (Wildman–Crippen LogP) is 7.09. The van der Waals surface area contributed by atoms with Gasteiger partial charge in [-0.3, -0.25) is 0 Å². The van der Waals surface area contributed by atoms with Crippen LogP contribution in [0.1, 0.15) is 51.0 Å². The van der Waals surface area contributed by atoms with Gasteiger partial charge in [0, 0.05) is 12.3 Å². The summed E-state index contributed by atoms with van der Waals surface area (Å²) in [5.41, 5.74) is 0.909. The van der Waals surface area contributed by atoms with E-state index in [0.717, 1.165) is 31.2 Å². The number of halogens is 3. The van der Waals surface area contributed by atoms with Crippen LogP contribution < -0.4 is 9.47 Å². The fraction of sp³-hybridized carbons (Fsp3) is 0.550. The number of hydrogen-bond acceptors (Lipinski definition) is 4. The topological polar surface area (TPSA) is 40.0 Å². The molecule has 0 aromatic heterocycles. The van der Waals surface area contributed by atoms with Crippen molar-refractivity contribution in [3.05, 3.63) is 33.3 Å². The minimum atomic E-state index is 0.170. The third kappa shape index (κ3) is 11.4. The number of nitrogens with zero attached hydrogens (tertiary/aromatic N) is 1. The molecule has 152 valence electrons. The van der Waals surface area contributed by atoms with Crippen LogP contribution >= 0.6 is 34.8 Å². The van der Waals surface area contributed by atoms with Crippen LogP contribution in [-0.2, 0) is 4.84 Å². The Balaban J connectivity index is 2.25. The van der Waals surface area contributed by atoms with Gasteiger partial charge in [0.2, 0.25) is 0 Å². The Morgan fingerprint density at radius 2 is 1.85 bits per heavy atom. The predicted molar refractivity (Wildman–Crippen MR) is 115 cm³/mol. The van der Waals surface area contributed by atoms with Gasteiger partial charge >= 0.3 is 0 Å². The SMILES string of the molecule is CCCCCC=NOCCCCOc1c(C)cc(OCC=C(Cl)Cl)cc1Cl. The van der Waals surface area contributed by atoms with E-state index in [1.54, 1.807) is 12.1 Å². The number of rotatable bonds is 14. The highest BCUT2D eigenvalue weighted by Gasteiger charge is 2.09. The minimum Gasteiger partial charge on any atom is -0.492 e. The zero-order chi connectivity index (χ0) is 19.9. The third-order valence-electron chi connectivity index (χ3n) is 3.65. The van der Waals surface area contributed by atoms with Crippen molar-refractivity contribution < 1.29 is 14.3 Å². The summed E-state index contributed by atoms with van der Waals surface area (Å²) in [7, 11) is 0. The zero-order valence-electron chi connectivity index (χ0n) is 16.0. The average Bonchev–Trinajstić information content (AvgIpc) is 2.61. The molecule has 0 unspecified atom stereocenters. The summed E-state index contributed by atoms with van der Waals surface area (Å²) in [4.78, 5) is 5.23. The molecule has 0 atom stereocenters. The highest BCUT2D eigenvalue weighted by atomic mass is 35.5. The van der Waals surface area contributed by atoms with E-state index in [0.29, 0.717) is 29.7 Å². The molecule has 0 saturated heterocycles. The van der Waals surface area contributed by atoms with Gasteiger partial charge in [0.1, 0.15) is 29.2 Å². The maximum absolute atomic E-state index is 6.29. The van der Waals surface area contributed by atoms with Gasteiger partial charge in [-0.2, -0.15) is 0 Å². The number of benzene rings is 1. The average molecular weight is 437 g/mol. The summed E-state index contributed by atoms with van der Waals surface area (Å²) in [5, 5.41) is 4.46. The monoisotopic (exact) mass is 435 g/mol. The van der Waals surface area contributed by atoms with Crippen molar-refractivity contribution in [3.8, 4) is 11.5 Å². The molecule has 1 rings (SSSR count). The van der Waals surface area contributed by atoms with Gasteiger partial charge in [0.05, 0.1) is 11.6 Å². The Morgan fingerprint density at radius 1 is 1.07 bits per heavy atom. The highest BCUT2D eigenvalue weighted by Crippen LogP contribution is 2.33. The Bertz CT molecular complexity index is 579. The van der Waals surface area contributed by atoms with Crippen LogP contribution in [0.5, 0.6) is 11.5 Å². The van der Waals surface area contributed by atoms with Crippen molar-refractivity contribution in [1.82, 2.24) is 0 Å². The van der Waals surface area contributed by atoms with E-state index in [4.69, 9.17) is 49.1 Å². The maximum atomic E-state index is 6.29. The number of ether oxygens (including phenoxy) is 2. The number of aryl methyl sites for hydroxylation is 1. The van der Waals surface area contributed by atoms with Crippen molar-refractivity contribution in [3.63, 3.8) is 0 Å². The van der Waals surface area contributed by atoms with Crippen LogP contribution in [0.2, 0.25) is 5.02 Å². The first kappa shape index (κ1) is 23.9. The highest BCUT2D eigenvalue weighted by molar-refractivity contribution is 6.55. The quantitative estimate of drug-likeness (QED) is 0.177. The lowest BCUT2D eigenvalue weighted by atomic mass is 10.2. The lowest BCUT2D eigenvalue weighted by molar-refractivity contribution is 0.136. The molecule has 0 aliphatic heterocycles. The first-order chi connectivity index (χ1) is 13.0. The molecular weight excluding hydrogens is 409 g/mol. The number of unbranched alkanes of at least 4 members (excludes halogenated alkanes) is 4. The van der Waals surface area contributed by atoms with E-state index in [2.05, 4.69) is 12.1 Å². The van der Waals surface area contributed by atoms with Crippen molar-refractivity contribution in [2.24, 2.45) is 5.16 Å². The summed E-state index contributed by atoms with van der Waals surface area (Å²) in [5.74, 6) is 1.31. The molecule has 1 aromatic carbocycles. The third-order valence-corrected chi connectivity index (χ3v) is 4.24. The van der Waals surface area contributed by atoms with Crippen LogP contribution in [0.15, 0.2) is 27.9 Å². The van der Waals surface area contributed by atoms with E-state index < -0.39 is 0 Å². The number of oxime groups is 1. The summed E-state index contributed by atoms with van der Waals surface area (Å²) in [6, 6.07) is 3.59. The van der Waals surface area contributed by atoms with E-state index in [1.165, 1.54) is 12.8 Å². The van der Waals surface area contributed by atoms with Gasteiger partial charge in [0.15, 0.2) is 0 Å². The molecule has 27 heavy (non-hydrogen) atoms. The van der Waals surface area contributed by atoms with Crippen LogP contribution in [0.3, 0.4) is 0 Å². The standard InChI is InChI=1S/C20H28Cl3NO3/c1-3-4-5-6-10-24-27-12-8-7-11-26-20-16(2)14-17(15-18(20)21)25-13-9-19(22)23/h9-10,14-15H,3-8,11-13H2,1-2H3. The van der Waals surface area contributed by atoms with Crippen LogP contribution in [-0.4, -0.2) is 26.0 Å². The lowest BCUT2D eigenvalue weighted by Gasteiger charge is -2.13. The first-order valence-electron chi connectivity index (χ1n) is 9.25. The second-order valence-corrected chi connectivity index (χ2v) is 7.44. The van der Waals surface area contributed by atoms with Crippen molar-refractivity contribution in [2.75, 3.05) is 19.8 Å². The van der Waals surface area contributed by atoms with Crippen LogP contribution in [0.4, 0.5) is 0 Å². The van der Waals surface area contributed by atoms with E-state index in [1.807, 2.05) is 19.2 Å². The smallest absolute Gasteiger partial charge is 0.141 e. The molecule has 0 radical (unpaired) electrons. The largest absolute Gasteiger partial charge is 0.492 e. The van der Waals surface area contributed by atoms with Gasteiger partial charge in [-0.25, -0.2) is 0 Å². The molecule has 0 heterocycles. The summed E-state index contributed by atoms with van der Waals surface area (Å²) in [6.45, 7) is 5.54. The fourth-order valence-electron chi connectivity index (χ4n) is 2.25. The van der Waals surface area contributed by atoms with Gasteiger partial charge in [-0.1, -0.05) is 59.7 Å². The van der Waals surface area contributed by atoms with Crippen molar-refractivity contribution in [1.29, 1.82) is 0 Å². The molecule has 0 fully saturated rings. The number of hydrogen-bond donors (Lipinski definition) is 0. The molecule has 0 amide bonds. The summed E-state index contributed by atoms with van der Waals surface area (Å²) >= 11 is 17.4. The molecule has 4 nitrogen and oxygen atoms in total. The molecule has 0 bridgehead atoms. The molecule has 0 aliphatic rings. The Hall–Kier alpha value is -1.10. The Kier molecular flexibility index (Phi) is 13.2. The lowest BCUT2D eigenvalue weighted by Crippen LogP contribution is -2.02. The molecule has 0 aliphatic carbocycles. The molecule has 0 N–H and O–H groups in total. The Labute approximate surface area is 177 Å². The van der Waals surface area contributed by atoms with Gasteiger partial charge in [0.25, 0.3) is 0 Å². The summed E-state index contributed by atoms with van der Waals surface area (Å²) < 4.78 is 11.5. The normalized spacial score (nSPS) is 10.9. The van der Waals surface area contributed by atoms with Gasteiger partial charge in [-0.05, 0) is 50.3 Å². The minimum absolute atomic E-state index is 0.170. The van der Waals surface area contributed by atoms with E-state index in [-0.39, 0.29) is 11.1 Å². The molecule has 7 heteroatoms. The zero-order valence-corrected chi connectivity index (χ0v) is 18.2. The van der Waals surface area contributed by atoms with Crippen LogP contribution in [0, 0.1) is 6.92 Å². The maximum Gasteiger partial charge on any atom is 0.141 e. The van der Waals surface area contributed by atoms with Gasteiger partial charge in [-0.15, -0.1) is 0 Å². The molecule has 0 spiro atoms. The molecule has 0 saturated carbocycles. The van der Waals surface area contributed by atoms with Crippen molar-refractivity contribution in [2.45, 2.75) is 52.4 Å². The van der Waals surface area contributed by atoms with Crippen molar-refractivity contribution >= 4 is 41.0 Å².